The van der Waals surface area contributed by atoms with Gasteiger partial charge >= 0.3 is 19.8 Å². The number of allylic oxidation sites excluding steroid dienone is 4. The van der Waals surface area contributed by atoms with Crippen LogP contribution in [-0.4, -0.2) is 74.9 Å². The third kappa shape index (κ3) is 51.9. The van der Waals surface area contributed by atoms with E-state index in [-0.39, 0.29) is 32.0 Å². The molecule has 0 aliphatic rings. The molecular formula is C56H109NO8P+. The lowest BCUT2D eigenvalue weighted by Crippen LogP contribution is -2.37. The Balaban J connectivity index is 3.73. The van der Waals surface area contributed by atoms with Gasteiger partial charge < -0.3 is 18.9 Å². The minimum absolute atomic E-state index is 0.0348. The Labute approximate surface area is 409 Å². The van der Waals surface area contributed by atoms with Gasteiger partial charge in [-0.1, -0.05) is 237 Å². The van der Waals surface area contributed by atoms with Gasteiger partial charge in [0.2, 0.25) is 0 Å². The molecule has 66 heavy (non-hydrogen) atoms. The number of carbonyl (C=O) groups is 2. The summed E-state index contributed by atoms with van der Waals surface area (Å²) in [5.41, 5.74) is 0. The number of esters is 2. The number of quaternary nitrogens is 1. The minimum Gasteiger partial charge on any atom is -0.462 e. The molecule has 2 atom stereocenters. The van der Waals surface area contributed by atoms with E-state index in [4.69, 9.17) is 18.5 Å². The highest BCUT2D eigenvalue weighted by Gasteiger charge is 2.27. The van der Waals surface area contributed by atoms with Crippen LogP contribution in [-0.2, 0) is 32.7 Å². The molecule has 0 amide bonds. The number of unbranched alkanes of at least 4 members (excludes halogenated alkanes) is 34. The molecule has 10 heteroatoms. The number of likely N-dealkylation sites (N-methyl/N-ethyl adjacent to an activating group) is 1. The Morgan fingerprint density at radius 2 is 0.818 bits per heavy atom. The highest BCUT2D eigenvalue weighted by Crippen LogP contribution is 2.43. The molecule has 0 saturated heterocycles. The lowest BCUT2D eigenvalue weighted by atomic mass is 10.0. The van der Waals surface area contributed by atoms with Crippen LogP contribution in [0.5, 0.6) is 0 Å². The fraction of sp³-hybridized carbons (Fsp3) is 0.893. The van der Waals surface area contributed by atoms with Crippen LogP contribution in [0.15, 0.2) is 24.3 Å². The zero-order chi connectivity index (χ0) is 48.5. The SMILES string of the molecule is CCCCCCC/C=C\C/C=C\CCCCCCCCCCCCCCCCCCCCCCCCCCCC(=O)OC(COC(=O)CCCCCCC)COP(=O)(O)OCC[N+](C)(C)C. The fourth-order valence-electron chi connectivity index (χ4n) is 8.11. The molecule has 0 bridgehead atoms. The van der Waals surface area contributed by atoms with Crippen molar-refractivity contribution in [2.75, 3.05) is 47.5 Å². The summed E-state index contributed by atoms with van der Waals surface area (Å²) >= 11 is 0. The van der Waals surface area contributed by atoms with Gasteiger partial charge in [0.1, 0.15) is 19.8 Å². The molecule has 0 heterocycles. The number of nitrogens with zero attached hydrogens (tertiary/aromatic N) is 1. The zero-order valence-electron chi connectivity index (χ0n) is 44.2. The van der Waals surface area contributed by atoms with Crippen molar-refractivity contribution in [3.8, 4) is 0 Å². The minimum atomic E-state index is -4.36. The Morgan fingerprint density at radius 3 is 1.20 bits per heavy atom. The fourth-order valence-corrected chi connectivity index (χ4v) is 8.85. The van der Waals surface area contributed by atoms with Crippen molar-refractivity contribution in [3.05, 3.63) is 24.3 Å². The highest BCUT2D eigenvalue weighted by atomic mass is 31.2. The van der Waals surface area contributed by atoms with Crippen molar-refractivity contribution in [1.82, 2.24) is 0 Å². The van der Waals surface area contributed by atoms with Gasteiger partial charge in [-0.05, 0) is 44.9 Å². The third-order valence-corrected chi connectivity index (χ3v) is 13.5. The molecule has 2 unspecified atom stereocenters. The smallest absolute Gasteiger partial charge is 0.462 e. The molecule has 0 aliphatic heterocycles. The van der Waals surface area contributed by atoms with E-state index >= 15 is 0 Å². The predicted octanol–water partition coefficient (Wildman–Crippen LogP) is 17.0. The summed E-state index contributed by atoms with van der Waals surface area (Å²) in [7, 11) is 1.49. The van der Waals surface area contributed by atoms with E-state index in [9.17, 15) is 19.0 Å². The quantitative estimate of drug-likeness (QED) is 0.0211. The van der Waals surface area contributed by atoms with Gasteiger partial charge in [-0.25, -0.2) is 4.57 Å². The van der Waals surface area contributed by atoms with Crippen LogP contribution in [0.1, 0.15) is 271 Å². The summed E-state index contributed by atoms with van der Waals surface area (Å²) in [4.78, 5) is 35.1. The van der Waals surface area contributed by atoms with Crippen molar-refractivity contribution in [2.45, 2.75) is 277 Å². The van der Waals surface area contributed by atoms with Crippen LogP contribution in [0.2, 0.25) is 0 Å². The van der Waals surface area contributed by atoms with Crippen LogP contribution >= 0.6 is 7.82 Å². The van der Waals surface area contributed by atoms with Gasteiger partial charge in [0, 0.05) is 12.8 Å². The van der Waals surface area contributed by atoms with Crippen molar-refractivity contribution >= 4 is 19.8 Å². The van der Waals surface area contributed by atoms with Gasteiger partial charge in [-0.15, -0.1) is 0 Å². The van der Waals surface area contributed by atoms with Crippen LogP contribution < -0.4 is 0 Å². The summed E-state index contributed by atoms with van der Waals surface area (Å²) in [6.45, 7) is 4.35. The maximum absolute atomic E-state index is 12.7. The first kappa shape index (κ1) is 64.5. The molecule has 0 rings (SSSR count). The van der Waals surface area contributed by atoms with E-state index in [0.717, 1.165) is 51.4 Å². The molecule has 0 aromatic heterocycles. The number of hydrogen-bond acceptors (Lipinski definition) is 7. The van der Waals surface area contributed by atoms with E-state index < -0.39 is 26.5 Å². The normalized spacial score (nSPS) is 13.5. The largest absolute Gasteiger partial charge is 0.472 e. The lowest BCUT2D eigenvalue weighted by Gasteiger charge is -2.24. The van der Waals surface area contributed by atoms with Gasteiger partial charge in [0.15, 0.2) is 6.10 Å². The topological polar surface area (TPSA) is 108 Å². The second kappa shape index (κ2) is 48.5. The number of carbonyl (C=O) groups excluding carboxylic acids is 2. The Kier molecular flexibility index (Phi) is 47.4. The molecule has 0 aliphatic carbocycles. The summed E-state index contributed by atoms with van der Waals surface area (Å²) in [6.07, 6.45) is 57.6. The van der Waals surface area contributed by atoms with E-state index in [2.05, 4.69) is 38.2 Å². The van der Waals surface area contributed by atoms with Gasteiger partial charge in [0.05, 0.1) is 27.7 Å². The summed E-state index contributed by atoms with van der Waals surface area (Å²) < 4.78 is 34.2. The van der Waals surface area contributed by atoms with Crippen LogP contribution in [0.25, 0.3) is 0 Å². The van der Waals surface area contributed by atoms with Crippen LogP contribution in [0.3, 0.4) is 0 Å². The van der Waals surface area contributed by atoms with Crippen molar-refractivity contribution in [2.24, 2.45) is 0 Å². The second-order valence-electron chi connectivity index (χ2n) is 20.3. The van der Waals surface area contributed by atoms with Gasteiger partial charge in [-0.2, -0.15) is 0 Å². The highest BCUT2D eigenvalue weighted by molar-refractivity contribution is 7.47. The Bertz CT molecular complexity index is 1170. The summed E-state index contributed by atoms with van der Waals surface area (Å²) in [5.74, 6) is -0.800. The van der Waals surface area contributed by atoms with Crippen molar-refractivity contribution in [3.63, 3.8) is 0 Å². The molecule has 9 nitrogen and oxygen atoms in total. The Morgan fingerprint density at radius 1 is 0.470 bits per heavy atom. The van der Waals surface area contributed by atoms with E-state index in [1.165, 1.54) is 186 Å². The first-order chi connectivity index (χ1) is 32.0. The van der Waals surface area contributed by atoms with Crippen molar-refractivity contribution in [1.29, 1.82) is 0 Å². The maximum Gasteiger partial charge on any atom is 0.472 e. The van der Waals surface area contributed by atoms with E-state index in [0.29, 0.717) is 17.4 Å². The molecule has 0 radical (unpaired) electrons. The molecule has 1 N–H and O–H groups in total. The summed E-state index contributed by atoms with van der Waals surface area (Å²) in [6, 6.07) is 0. The molecular weight excluding hydrogens is 846 g/mol. The van der Waals surface area contributed by atoms with Crippen LogP contribution in [0.4, 0.5) is 0 Å². The number of phosphoric ester groups is 1. The average Bonchev–Trinajstić information content (AvgIpc) is 3.27. The number of hydrogen-bond donors (Lipinski definition) is 1. The molecule has 0 spiro atoms. The predicted molar refractivity (Wildman–Crippen MR) is 280 cm³/mol. The maximum atomic E-state index is 12.7. The molecule has 0 saturated carbocycles. The zero-order valence-corrected chi connectivity index (χ0v) is 45.1. The lowest BCUT2D eigenvalue weighted by molar-refractivity contribution is -0.870. The second-order valence-corrected chi connectivity index (χ2v) is 21.8. The van der Waals surface area contributed by atoms with Gasteiger partial charge in [0.25, 0.3) is 0 Å². The monoisotopic (exact) mass is 955 g/mol. The summed E-state index contributed by atoms with van der Waals surface area (Å²) in [5, 5.41) is 0. The first-order valence-corrected chi connectivity index (χ1v) is 29.6. The number of rotatable bonds is 52. The Hall–Kier alpha value is -1.51. The van der Waals surface area contributed by atoms with Gasteiger partial charge in [-0.3, -0.25) is 18.6 Å². The average molecular weight is 955 g/mol. The van der Waals surface area contributed by atoms with Crippen LogP contribution in [0, 0.1) is 0 Å². The van der Waals surface area contributed by atoms with Crippen molar-refractivity contribution < 1.29 is 42.1 Å². The number of ether oxygens (including phenoxy) is 2. The molecule has 0 aromatic carbocycles. The molecule has 0 aromatic rings. The number of phosphoric acid groups is 1. The van der Waals surface area contributed by atoms with E-state index in [1.807, 2.05) is 21.1 Å². The standard InChI is InChI=1S/C56H108NO8P/c1-6-8-10-12-13-14-15-16-17-18-19-20-21-22-23-24-25-26-27-28-29-30-31-32-33-34-35-36-37-38-39-40-41-42-43-45-47-49-56(59)65-54(52-62-55(58)48-46-44-11-9-7-2)53-64-66(60,61)63-51-50-57(3,4)5/h15-16,18-19,54H,6-14,17,20-53H2,1-5H3/p+1/b16-15-,19-18-. The molecule has 0 fully saturated rings. The molecule has 390 valence electrons. The third-order valence-electron chi connectivity index (χ3n) is 12.5. The van der Waals surface area contributed by atoms with E-state index in [1.54, 1.807) is 0 Å². The first-order valence-electron chi connectivity index (χ1n) is 28.1.